The van der Waals surface area contributed by atoms with Crippen LogP contribution in [0.4, 0.5) is 0 Å². The average molecular weight is 200 g/mol. The zero-order chi connectivity index (χ0) is 9.52. The van der Waals surface area contributed by atoms with Gasteiger partial charge in [0.25, 0.3) is 0 Å². The van der Waals surface area contributed by atoms with Gasteiger partial charge in [-0.1, -0.05) is 44.9 Å². The highest BCUT2D eigenvalue weighted by molar-refractivity contribution is 4.67. The summed E-state index contributed by atoms with van der Waals surface area (Å²) in [7, 11) is 4.47. The van der Waals surface area contributed by atoms with Gasteiger partial charge in [0.15, 0.2) is 0 Å². The summed E-state index contributed by atoms with van der Waals surface area (Å²) >= 11 is 0. The molecule has 0 radical (unpaired) electrons. The van der Waals surface area contributed by atoms with E-state index in [0.717, 1.165) is 6.04 Å². The van der Waals surface area contributed by atoms with Gasteiger partial charge in [0.1, 0.15) is 0 Å². The Morgan fingerprint density at radius 2 is 1.07 bits per heavy atom. The first kappa shape index (κ1) is 13.9. The van der Waals surface area contributed by atoms with E-state index < -0.39 is 0 Å². The summed E-state index contributed by atoms with van der Waals surface area (Å²) in [6, 6.07) is 0.859. The maximum Gasteiger partial charge on any atom is 0.00891 e. The molecule has 1 fully saturated rings. The van der Waals surface area contributed by atoms with E-state index in [1.165, 1.54) is 57.8 Å². The van der Waals surface area contributed by atoms with Gasteiger partial charge in [-0.3, -0.25) is 0 Å². The van der Waals surface area contributed by atoms with Crippen molar-refractivity contribution in [2.24, 2.45) is 0 Å². The normalized spacial score (nSPS) is 21.6. The third-order valence-electron chi connectivity index (χ3n) is 3.30. The predicted molar refractivity (Wildman–Crippen MR) is 64.1 cm³/mol. The fraction of sp³-hybridized carbons (Fsp3) is 1.00. The summed E-state index contributed by atoms with van der Waals surface area (Å²) in [5.74, 6) is 0. The fourth-order valence-electron chi connectivity index (χ4n) is 2.30. The van der Waals surface area contributed by atoms with Crippen molar-refractivity contribution in [2.45, 2.75) is 63.8 Å². The Labute approximate surface area is 89.6 Å². The van der Waals surface area contributed by atoms with Crippen LogP contribution in [0.3, 0.4) is 0 Å². The van der Waals surface area contributed by atoms with Gasteiger partial charge >= 0.3 is 0 Å². The largest absolute Gasteiger partial charge is 0.344 e. The molecule has 0 saturated heterocycles. The van der Waals surface area contributed by atoms with E-state index in [2.05, 4.69) is 19.0 Å². The summed E-state index contributed by atoms with van der Waals surface area (Å²) in [5.41, 5.74) is 0. The molecule has 1 aliphatic rings. The molecule has 0 unspecified atom stereocenters. The van der Waals surface area contributed by atoms with Gasteiger partial charge in [0.05, 0.1) is 0 Å². The molecular formula is C12H28N2. The Morgan fingerprint density at radius 3 is 1.43 bits per heavy atom. The molecule has 0 spiro atoms. The van der Waals surface area contributed by atoms with Gasteiger partial charge < -0.3 is 11.1 Å². The quantitative estimate of drug-likeness (QED) is 0.702. The van der Waals surface area contributed by atoms with Crippen LogP contribution in [-0.2, 0) is 0 Å². The van der Waals surface area contributed by atoms with Crippen molar-refractivity contribution in [3.8, 4) is 0 Å². The van der Waals surface area contributed by atoms with Crippen LogP contribution in [-0.4, -0.2) is 25.0 Å². The summed E-state index contributed by atoms with van der Waals surface area (Å²) in [4.78, 5) is 2.42. The van der Waals surface area contributed by atoms with Crippen LogP contribution in [0.1, 0.15) is 57.8 Å². The number of rotatable bonds is 1. The van der Waals surface area contributed by atoms with Crippen molar-refractivity contribution in [2.75, 3.05) is 14.1 Å². The zero-order valence-electron chi connectivity index (χ0n) is 10.1. The molecule has 1 aliphatic carbocycles. The monoisotopic (exact) mass is 200 g/mol. The van der Waals surface area contributed by atoms with Crippen molar-refractivity contribution in [1.29, 1.82) is 0 Å². The second kappa shape index (κ2) is 8.25. The molecule has 2 heteroatoms. The maximum atomic E-state index is 2.42. The molecule has 2 nitrogen and oxygen atoms in total. The Balaban J connectivity index is 0.00000169. The van der Waals surface area contributed by atoms with Gasteiger partial charge in [-0.25, -0.2) is 0 Å². The lowest BCUT2D eigenvalue weighted by Gasteiger charge is -2.25. The van der Waals surface area contributed by atoms with E-state index in [1.807, 2.05) is 0 Å². The molecule has 0 aromatic carbocycles. The molecule has 14 heavy (non-hydrogen) atoms. The smallest absolute Gasteiger partial charge is 0.00891 e. The van der Waals surface area contributed by atoms with Crippen LogP contribution in [0, 0.1) is 0 Å². The average Bonchev–Trinajstić information content (AvgIpc) is 2.14. The molecule has 86 valence electrons. The van der Waals surface area contributed by atoms with Gasteiger partial charge in [0.2, 0.25) is 0 Å². The highest BCUT2D eigenvalue weighted by atomic mass is 15.1. The summed E-state index contributed by atoms with van der Waals surface area (Å²) in [6.45, 7) is 0. The lowest BCUT2D eigenvalue weighted by molar-refractivity contribution is 0.248. The number of hydrogen-bond donors (Lipinski definition) is 1. The minimum Gasteiger partial charge on any atom is -0.344 e. The lowest BCUT2D eigenvalue weighted by atomic mass is 9.97. The Morgan fingerprint density at radius 1 is 0.714 bits per heavy atom. The second-order valence-corrected chi connectivity index (χ2v) is 4.67. The molecule has 0 amide bonds. The number of nitrogens with zero attached hydrogens (tertiary/aromatic N) is 1. The summed E-state index contributed by atoms with van der Waals surface area (Å²) in [6.07, 6.45) is 13.1. The van der Waals surface area contributed by atoms with Crippen LogP contribution in [0.5, 0.6) is 0 Å². The lowest BCUT2D eigenvalue weighted by Crippen LogP contribution is -2.27. The van der Waals surface area contributed by atoms with E-state index >= 15 is 0 Å². The molecule has 0 aromatic heterocycles. The van der Waals surface area contributed by atoms with Gasteiger partial charge in [0, 0.05) is 6.04 Å². The van der Waals surface area contributed by atoms with E-state index in [9.17, 15) is 0 Å². The van der Waals surface area contributed by atoms with E-state index in [-0.39, 0.29) is 6.15 Å². The molecule has 0 heterocycles. The third-order valence-corrected chi connectivity index (χ3v) is 3.30. The van der Waals surface area contributed by atoms with Crippen molar-refractivity contribution in [3.63, 3.8) is 0 Å². The SMILES string of the molecule is CN(C)C1CCCCCCCCC1.N. The maximum absolute atomic E-state index is 2.42. The van der Waals surface area contributed by atoms with Crippen molar-refractivity contribution < 1.29 is 0 Å². The molecule has 1 saturated carbocycles. The van der Waals surface area contributed by atoms with E-state index in [0.29, 0.717) is 0 Å². The van der Waals surface area contributed by atoms with Crippen LogP contribution < -0.4 is 6.15 Å². The van der Waals surface area contributed by atoms with Crippen molar-refractivity contribution >= 4 is 0 Å². The van der Waals surface area contributed by atoms with E-state index in [1.54, 1.807) is 0 Å². The Bertz CT molecular complexity index is 113. The van der Waals surface area contributed by atoms with Crippen LogP contribution in [0.2, 0.25) is 0 Å². The van der Waals surface area contributed by atoms with Crippen LogP contribution in [0.25, 0.3) is 0 Å². The first-order valence-electron chi connectivity index (χ1n) is 5.97. The molecule has 0 aromatic rings. The van der Waals surface area contributed by atoms with Gasteiger partial charge in [-0.15, -0.1) is 0 Å². The minimum atomic E-state index is 0. The fourth-order valence-corrected chi connectivity index (χ4v) is 2.30. The molecule has 0 atom stereocenters. The molecule has 1 rings (SSSR count). The standard InChI is InChI=1S/C12H25N.H3N/c1-13(2)12-10-8-6-4-3-5-7-9-11-12;/h12H,3-11H2,1-2H3;1H3. The second-order valence-electron chi connectivity index (χ2n) is 4.67. The van der Waals surface area contributed by atoms with Crippen LogP contribution >= 0.6 is 0 Å². The first-order valence-corrected chi connectivity index (χ1v) is 5.97. The Kier molecular flexibility index (Phi) is 8.20. The number of hydrogen-bond acceptors (Lipinski definition) is 2. The molecular weight excluding hydrogens is 172 g/mol. The highest BCUT2D eigenvalue weighted by Gasteiger charge is 2.11. The zero-order valence-corrected chi connectivity index (χ0v) is 10.1. The van der Waals surface area contributed by atoms with E-state index in [4.69, 9.17) is 0 Å². The highest BCUT2D eigenvalue weighted by Crippen LogP contribution is 2.18. The third kappa shape index (κ3) is 5.61. The van der Waals surface area contributed by atoms with Crippen LogP contribution in [0.15, 0.2) is 0 Å². The molecule has 0 aliphatic heterocycles. The van der Waals surface area contributed by atoms with Gasteiger partial charge in [-0.2, -0.15) is 0 Å². The molecule has 0 bridgehead atoms. The first-order chi connectivity index (χ1) is 6.30. The topological polar surface area (TPSA) is 38.2 Å². The van der Waals surface area contributed by atoms with Crippen molar-refractivity contribution in [1.82, 2.24) is 11.1 Å². The summed E-state index contributed by atoms with van der Waals surface area (Å²) in [5, 5.41) is 0. The predicted octanol–water partition coefficient (Wildman–Crippen LogP) is 3.60. The summed E-state index contributed by atoms with van der Waals surface area (Å²) < 4.78 is 0. The van der Waals surface area contributed by atoms with Crippen molar-refractivity contribution in [3.05, 3.63) is 0 Å². The van der Waals surface area contributed by atoms with Gasteiger partial charge in [-0.05, 0) is 26.9 Å². The minimum absolute atomic E-state index is 0. The molecule has 3 N–H and O–H groups in total. The Hall–Kier alpha value is -0.0800.